The fourth-order valence-corrected chi connectivity index (χ4v) is 4.06. The molecular formula is C11H14BrNO2S. The number of nitrogens with one attached hydrogen (secondary N) is 1. The van der Waals surface area contributed by atoms with Crippen molar-refractivity contribution in [3.63, 3.8) is 0 Å². The summed E-state index contributed by atoms with van der Waals surface area (Å²) in [5, 5.41) is 3.11. The third-order valence-corrected chi connectivity index (χ3v) is 5.15. The summed E-state index contributed by atoms with van der Waals surface area (Å²) in [5.74, 6) is 0.362. The van der Waals surface area contributed by atoms with E-state index in [0.717, 1.165) is 23.0 Å². The van der Waals surface area contributed by atoms with Crippen molar-refractivity contribution in [2.24, 2.45) is 0 Å². The predicted octanol–water partition coefficient (Wildman–Crippen LogP) is 1.73. The topological polar surface area (TPSA) is 46.2 Å². The van der Waals surface area contributed by atoms with Crippen LogP contribution in [-0.4, -0.2) is 26.8 Å². The largest absolute Gasteiger partial charge is 0.313 e. The van der Waals surface area contributed by atoms with E-state index in [4.69, 9.17) is 0 Å². The molecule has 1 saturated heterocycles. The number of rotatable bonds is 4. The van der Waals surface area contributed by atoms with Crippen LogP contribution in [0.2, 0.25) is 0 Å². The Labute approximate surface area is 104 Å². The van der Waals surface area contributed by atoms with Gasteiger partial charge in [0, 0.05) is 10.5 Å². The molecule has 1 aliphatic heterocycles. The van der Waals surface area contributed by atoms with Crippen molar-refractivity contribution in [3.8, 4) is 0 Å². The number of benzene rings is 1. The Kier molecular flexibility index (Phi) is 3.66. The van der Waals surface area contributed by atoms with E-state index in [1.165, 1.54) is 0 Å². The van der Waals surface area contributed by atoms with Crippen LogP contribution in [0.1, 0.15) is 12.0 Å². The fourth-order valence-electron chi connectivity index (χ4n) is 1.71. The number of sulfone groups is 1. The van der Waals surface area contributed by atoms with Gasteiger partial charge in [0.25, 0.3) is 0 Å². The molecule has 1 aliphatic rings. The molecule has 1 heterocycles. The molecule has 1 N–H and O–H groups in total. The Hall–Kier alpha value is -0.390. The van der Waals surface area contributed by atoms with Gasteiger partial charge in [-0.1, -0.05) is 34.1 Å². The van der Waals surface area contributed by atoms with Crippen molar-refractivity contribution in [1.29, 1.82) is 0 Å². The molecule has 1 aromatic rings. The Morgan fingerprint density at radius 2 is 2.06 bits per heavy atom. The SMILES string of the molecule is O=S(=O)(Cc1ccccc1Br)CC1CCN1. The molecule has 0 bridgehead atoms. The highest BCUT2D eigenvalue weighted by Crippen LogP contribution is 2.19. The van der Waals surface area contributed by atoms with Crippen LogP contribution in [0.4, 0.5) is 0 Å². The van der Waals surface area contributed by atoms with Crippen molar-refractivity contribution < 1.29 is 8.42 Å². The quantitative estimate of drug-likeness (QED) is 0.921. The van der Waals surface area contributed by atoms with Gasteiger partial charge in [0.15, 0.2) is 9.84 Å². The average Bonchev–Trinajstić information content (AvgIpc) is 2.16. The van der Waals surface area contributed by atoms with Gasteiger partial charge in [0.2, 0.25) is 0 Å². The summed E-state index contributed by atoms with van der Waals surface area (Å²) in [6, 6.07) is 7.61. The Bertz CT molecular complexity index is 469. The second-order valence-corrected chi connectivity index (χ2v) is 7.05. The number of hydrogen-bond acceptors (Lipinski definition) is 3. The van der Waals surface area contributed by atoms with E-state index in [0.29, 0.717) is 0 Å². The minimum Gasteiger partial charge on any atom is -0.313 e. The first-order chi connectivity index (χ1) is 7.57. The highest BCUT2D eigenvalue weighted by atomic mass is 79.9. The lowest BCUT2D eigenvalue weighted by Gasteiger charge is -2.27. The molecule has 1 unspecified atom stereocenters. The molecule has 0 amide bonds. The van der Waals surface area contributed by atoms with Crippen molar-refractivity contribution in [1.82, 2.24) is 5.32 Å². The van der Waals surface area contributed by atoms with Gasteiger partial charge in [-0.2, -0.15) is 0 Å². The average molecular weight is 304 g/mol. The van der Waals surface area contributed by atoms with Crippen LogP contribution in [0.5, 0.6) is 0 Å². The molecule has 88 valence electrons. The van der Waals surface area contributed by atoms with Crippen LogP contribution in [0.25, 0.3) is 0 Å². The molecule has 0 aliphatic carbocycles. The molecule has 1 fully saturated rings. The van der Waals surface area contributed by atoms with Crippen LogP contribution >= 0.6 is 15.9 Å². The first-order valence-electron chi connectivity index (χ1n) is 5.24. The van der Waals surface area contributed by atoms with Crippen LogP contribution in [0.15, 0.2) is 28.7 Å². The zero-order valence-electron chi connectivity index (χ0n) is 8.82. The van der Waals surface area contributed by atoms with Crippen LogP contribution < -0.4 is 5.32 Å². The third-order valence-electron chi connectivity index (χ3n) is 2.71. The Morgan fingerprint density at radius 1 is 1.38 bits per heavy atom. The van der Waals surface area contributed by atoms with Gasteiger partial charge in [0.05, 0.1) is 11.5 Å². The molecule has 2 rings (SSSR count). The zero-order chi connectivity index (χ0) is 11.6. The van der Waals surface area contributed by atoms with E-state index in [2.05, 4.69) is 21.2 Å². The van der Waals surface area contributed by atoms with Gasteiger partial charge in [-0.15, -0.1) is 0 Å². The van der Waals surface area contributed by atoms with E-state index in [9.17, 15) is 8.42 Å². The summed E-state index contributed by atoms with van der Waals surface area (Å²) in [6.07, 6.45) is 0.967. The number of hydrogen-bond donors (Lipinski definition) is 1. The van der Waals surface area contributed by atoms with E-state index >= 15 is 0 Å². The lowest BCUT2D eigenvalue weighted by atomic mass is 10.1. The minimum absolute atomic E-state index is 0.118. The molecule has 0 saturated carbocycles. The van der Waals surface area contributed by atoms with Gasteiger partial charge >= 0.3 is 0 Å². The summed E-state index contributed by atoms with van der Waals surface area (Å²) in [7, 11) is -3.01. The summed E-state index contributed by atoms with van der Waals surface area (Å²) < 4.78 is 24.7. The zero-order valence-corrected chi connectivity index (χ0v) is 11.2. The monoisotopic (exact) mass is 303 g/mol. The van der Waals surface area contributed by atoms with E-state index in [1.807, 2.05) is 24.3 Å². The predicted molar refractivity (Wildman–Crippen MR) is 68.0 cm³/mol. The maximum atomic E-state index is 11.9. The molecule has 1 atom stereocenters. The molecule has 5 heteroatoms. The van der Waals surface area contributed by atoms with Gasteiger partial charge in [-0.05, 0) is 24.6 Å². The van der Waals surface area contributed by atoms with Crippen molar-refractivity contribution in [2.75, 3.05) is 12.3 Å². The van der Waals surface area contributed by atoms with Gasteiger partial charge < -0.3 is 5.32 Å². The first-order valence-corrected chi connectivity index (χ1v) is 7.85. The van der Waals surface area contributed by atoms with E-state index < -0.39 is 9.84 Å². The Balaban J connectivity index is 2.05. The highest BCUT2D eigenvalue weighted by Gasteiger charge is 2.24. The summed E-state index contributed by atoms with van der Waals surface area (Å²) in [5.41, 5.74) is 0.835. The fraction of sp³-hybridized carbons (Fsp3) is 0.455. The molecule has 16 heavy (non-hydrogen) atoms. The normalized spacial score (nSPS) is 20.4. The standard InChI is InChI=1S/C11H14BrNO2S/c12-11-4-2-1-3-9(11)7-16(14,15)8-10-5-6-13-10/h1-4,10,13H,5-8H2. The third kappa shape index (κ3) is 3.06. The summed E-state index contributed by atoms with van der Waals surface area (Å²) in [4.78, 5) is 0. The van der Waals surface area contributed by atoms with Crippen LogP contribution in [-0.2, 0) is 15.6 Å². The molecule has 1 aromatic carbocycles. The van der Waals surface area contributed by atoms with Gasteiger partial charge in [0.1, 0.15) is 0 Å². The maximum absolute atomic E-state index is 11.9. The van der Waals surface area contributed by atoms with Crippen LogP contribution in [0, 0.1) is 0 Å². The van der Waals surface area contributed by atoms with Crippen molar-refractivity contribution >= 4 is 25.8 Å². The second-order valence-electron chi connectivity index (χ2n) is 4.09. The molecule has 0 radical (unpaired) electrons. The highest BCUT2D eigenvalue weighted by molar-refractivity contribution is 9.10. The maximum Gasteiger partial charge on any atom is 0.156 e. The van der Waals surface area contributed by atoms with Gasteiger partial charge in [-0.25, -0.2) is 8.42 Å². The van der Waals surface area contributed by atoms with E-state index in [1.54, 1.807) is 0 Å². The van der Waals surface area contributed by atoms with Gasteiger partial charge in [-0.3, -0.25) is 0 Å². The lowest BCUT2D eigenvalue weighted by Crippen LogP contribution is -2.47. The smallest absolute Gasteiger partial charge is 0.156 e. The van der Waals surface area contributed by atoms with Crippen LogP contribution in [0.3, 0.4) is 0 Å². The molecule has 0 spiro atoms. The molecule has 0 aromatic heterocycles. The first kappa shape index (κ1) is 12.1. The molecular weight excluding hydrogens is 290 g/mol. The lowest BCUT2D eigenvalue weighted by molar-refractivity contribution is 0.398. The van der Waals surface area contributed by atoms with Crippen molar-refractivity contribution in [3.05, 3.63) is 34.3 Å². The Morgan fingerprint density at radius 3 is 2.62 bits per heavy atom. The van der Waals surface area contributed by atoms with Crippen molar-refractivity contribution in [2.45, 2.75) is 18.2 Å². The summed E-state index contributed by atoms with van der Waals surface area (Å²) >= 11 is 3.37. The second kappa shape index (κ2) is 4.85. The number of halogens is 1. The summed E-state index contributed by atoms with van der Waals surface area (Å²) in [6.45, 7) is 0.940. The molecule has 3 nitrogen and oxygen atoms in total. The minimum atomic E-state index is -3.01. The van der Waals surface area contributed by atoms with E-state index in [-0.39, 0.29) is 17.5 Å².